The molecule has 3 aromatic rings. The lowest BCUT2D eigenvalue weighted by molar-refractivity contribution is 0.0948. The van der Waals surface area contributed by atoms with Crippen LogP contribution in [0.15, 0.2) is 65.3 Å². The van der Waals surface area contributed by atoms with Crippen LogP contribution in [0.4, 0.5) is 0 Å². The van der Waals surface area contributed by atoms with Gasteiger partial charge in [-0.15, -0.1) is 0 Å². The highest BCUT2D eigenvalue weighted by molar-refractivity contribution is 6.05. The van der Waals surface area contributed by atoms with Gasteiger partial charge in [-0.25, -0.2) is 0 Å². The fourth-order valence-corrected chi connectivity index (χ4v) is 2.88. The van der Waals surface area contributed by atoms with Gasteiger partial charge in [-0.1, -0.05) is 50.2 Å². The Bertz CT molecular complexity index is 824. The minimum absolute atomic E-state index is 0.0702. The molecule has 3 rings (SSSR count). The van der Waals surface area contributed by atoms with Gasteiger partial charge in [0.25, 0.3) is 5.91 Å². The molecule has 4 heteroatoms. The summed E-state index contributed by atoms with van der Waals surface area (Å²) in [4.78, 5) is 12.6. The molecule has 0 bridgehead atoms. The Hall–Kier alpha value is -2.59. The van der Waals surface area contributed by atoms with E-state index >= 15 is 0 Å². The van der Waals surface area contributed by atoms with Gasteiger partial charge in [0.15, 0.2) is 0 Å². The van der Waals surface area contributed by atoms with Crippen LogP contribution in [0.3, 0.4) is 0 Å². The Kier molecular flexibility index (Phi) is 5.51. The minimum atomic E-state index is -0.0702. The summed E-state index contributed by atoms with van der Waals surface area (Å²) >= 11 is 0. The molecular weight excluding hydrogens is 312 g/mol. The van der Waals surface area contributed by atoms with Crippen LogP contribution >= 0.6 is 0 Å². The van der Waals surface area contributed by atoms with Crippen LogP contribution in [0.5, 0.6) is 0 Å². The Morgan fingerprint density at radius 3 is 2.60 bits per heavy atom. The maximum absolute atomic E-state index is 12.6. The number of amides is 1. The number of rotatable bonds is 7. The average molecular weight is 336 g/mol. The Morgan fingerprint density at radius 2 is 1.84 bits per heavy atom. The number of fused-ring (bicyclic) bond motifs is 1. The first-order valence-corrected chi connectivity index (χ1v) is 8.67. The zero-order valence-corrected chi connectivity index (χ0v) is 14.7. The van der Waals surface area contributed by atoms with Crippen molar-refractivity contribution in [1.82, 2.24) is 10.6 Å². The van der Waals surface area contributed by atoms with Crippen LogP contribution in [0.1, 0.15) is 29.8 Å². The zero-order valence-electron chi connectivity index (χ0n) is 14.7. The fourth-order valence-electron chi connectivity index (χ4n) is 2.88. The maximum Gasteiger partial charge on any atom is 0.252 e. The Morgan fingerprint density at radius 1 is 1.04 bits per heavy atom. The molecule has 0 fully saturated rings. The van der Waals surface area contributed by atoms with Gasteiger partial charge in [0.05, 0.1) is 11.8 Å². The normalized spacial score (nSPS) is 12.4. The summed E-state index contributed by atoms with van der Waals surface area (Å²) in [5.74, 6) is 0.341. The lowest BCUT2D eigenvalue weighted by Crippen LogP contribution is -2.43. The largest absolute Gasteiger partial charge is 0.464 e. The Labute approximate surface area is 148 Å². The lowest BCUT2D eigenvalue weighted by Gasteiger charge is -2.23. The van der Waals surface area contributed by atoms with Crippen molar-refractivity contribution < 1.29 is 9.21 Å². The number of hydrogen-bond donors (Lipinski definition) is 2. The number of hydrogen-bond acceptors (Lipinski definition) is 3. The zero-order chi connectivity index (χ0) is 17.6. The van der Waals surface area contributed by atoms with Gasteiger partial charge in [-0.3, -0.25) is 4.79 Å². The van der Waals surface area contributed by atoms with E-state index in [-0.39, 0.29) is 11.9 Å². The summed E-state index contributed by atoms with van der Waals surface area (Å²) in [5.41, 5.74) is 2.62. The highest BCUT2D eigenvalue weighted by Crippen LogP contribution is 2.19. The summed E-state index contributed by atoms with van der Waals surface area (Å²) in [6.45, 7) is 5.69. The average Bonchev–Trinajstić information content (AvgIpc) is 3.10. The van der Waals surface area contributed by atoms with Crippen LogP contribution in [-0.4, -0.2) is 18.5 Å². The summed E-state index contributed by atoms with van der Waals surface area (Å²) in [6.07, 6.45) is 1.61. The summed E-state index contributed by atoms with van der Waals surface area (Å²) in [6, 6.07) is 17.9. The van der Waals surface area contributed by atoms with Crippen molar-refractivity contribution >= 4 is 16.9 Å². The molecule has 1 amide bonds. The molecular formula is C21H24N2O2. The van der Waals surface area contributed by atoms with E-state index in [0.29, 0.717) is 18.0 Å². The SMILES string of the molecule is CC(C)[C@@H](CNC(=O)c1cccc2occc12)NCc1ccccc1. The van der Waals surface area contributed by atoms with Crippen molar-refractivity contribution in [3.63, 3.8) is 0 Å². The van der Waals surface area contributed by atoms with Gasteiger partial charge in [0.2, 0.25) is 0 Å². The van der Waals surface area contributed by atoms with Crippen LogP contribution in [0.2, 0.25) is 0 Å². The number of carbonyl (C=O) groups is 1. The first-order chi connectivity index (χ1) is 12.1. The van der Waals surface area contributed by atoms with E-state index in [1.54, 1.807) is 6.26 Å². The molecule has 0 saturated carbocycles. The van der Waals surface area contributed by atoms with Crippen molar-refractivity contribution in [2.45, 2.75) is 26.4 Å². The second-order valence-electron chi connectivity index (χ2n) is 6.57. The second-order valence-corrected chi connectivity index (χ2v) is 6.57. The molecule has 0 aliphatic rings. The van der Waals surface area contributed by atoms with Crippen molar-refractivity contribution in [2.24, 2.45) is 5.92 Å². The third kappa shape index (κ3) is 4.28. The van der Waals surface area contributed by atoms with Gasteiger partial charge in [-0.2, -0.15) is 0 Å². The maximum atomic E-state index is 12.6. The monoisotopic (exact) mass is 336 g/mol. The van der Waals surface area contributed by atoms with E-state index in [1.807, 2.05) is 42.5 Å². The molecule has 0 unspecified atom stereocenters. The summed E-state index contributed by atoms with van der Waals surface area (Å²) in [5, 5.41) is 7.44. The molecule has 1 heterocycles. The molecule has 0 aliphatic carbocycles. The second kappa shape index (κ2) is 7.99. The van der Waals surface area contributed by atoms with Crippen LogP contribution in [0.25, 0.3) is 11.0 Å². The van der Waals surface area contributed by atoms with Gasteiger partial charge in [-0.05, 0) is 29.7 Å². The van der Waals surface area contributed by atoms with E-state index in [9.17, 15) is 4.79 Å². The van der Waals surface area contributed by atoms with E-state index in [2.05, 4.69) is 36.6 Å². The number of nitrogens with one attached hydrogen (secondary N) is 2. The lowest BCUT2D eigenvalue weighted by atomic mass is 10.0. The third-order valence-electron chi connectivity index (χ3n) is 4.44. The molecule has 1 aromatic heterocycles. The first kappa shape index (κ1) is 17.2. The van der Waals surface area contributed by atoms with E-state index in [4.69, 9.17) is 4.42 Å². The fraction of sp³-hybridized carbons (Fsp3) is 0.286. The van der Waals surface area contributed by atoms with Crippen molar-refractivity contribution in [1.29, 1.82) is 0 Å². The number of benzene rings is 2. The molecule has 25 heavy (non-hydrogen) atoms. The minimum Gasteiger partial charge on any atom is -0.464 e. The molecule has 1 atom stereocenters. The van der Waals surface area contributed by atoms with Crippen LogP contribution in [0, 0.1) is 5.92 Å². The van der Waals surface area contributed by atoms with Gasteiger partial charge in [0.1, 0.15) is 5.58 Å². The van der Waals surface area contributed by atoms with Crippen molar-refractivity contribution in [3.8, 4) is 0 Å². The quantitative estimate of drug-likeness (QED) is 0.686. The van der Waals surface area contributed by atoms with Gasteiger partial charge < -0.3 is 15.1 Å². The predicted molar refractivity (Wildman–Crippen MR) is 100 cm³/mol. The van der Waals surface area contributed by atoms with Crippen molar-refractivity contribution in [2.75, 3.05) is 6.54 Å². The van der Waals surface area contributed by atoms with Gasteiger partial charge >= 0.3 is 0 Å². The topological polar surface area (TPSA) is 54.3 Å². The molecule has 0 radical (unpaired) electrons. The molecule has 2 N–H and O–H groups in total. The smallest absolute Gasteiger partial charge is 0.252 e. The Balaban J connectivity index is 1.61. The molecule has 4 nitrogen and oxygen atoms in total. The first-order valence-electron chi connectivity index (χ1n) is 8.67. The van der Waals surface area contributed by atoms with Crippen LogP contribution < -0.4 is 10.6 Å². The highest BCUT2D eigenvalue weighted by atomic mass is 16.3. The number of carbonyl (C=O) groups excluding carboxylic acids is 1. The molecule has 130 valence electrons. The van der Waals surface area contributed by atoms with E-state index in [1.165, 1.54) is 5.56 Å². The molecule has 0 spiro atoms. The number of furan rings is 1. The van der Waals surface area contributed by atoms with E-state index < -0.39 is 0 Å². The van der Waals surface area contributed by atoms with Gasteiger partial charge in [0, 0.05) is 24.5 Å². The summed E-state index contributed by atoms with van der Waals surface area (Å²) in [7, 11) is 0. The standard InChI is InChI=1S/C21H24N2O2/c1-15(2)19(22-13-16-7-4-3-5-8-16)14-23-21(24)18-9-6-10-20-17(18)11-12-25-20/h3-12,15,19,22H,13-14H2,1-2H3,(H,23,24)/t19-/m1/s1. The van der Waals surface area contributed by atoms with Crippen molar-refractivity contribution in [3.05, 3.63) is 72.0 Å². The highest BCUT2D eigenvalue weighted by Gasteiger charge is 2.16. The van der Waals surface area contributed by atoms with Crippen LogP contribution in [-0.2, 0) is 6.54 Å². The third-order valence-corrected chi connectivity index (χ3v) is 4.44. The molecule has 0 aliphatic heterocycles. The molecule has 2 aromatic carbocycles. The predicted octanol–water partition coefficient (Wildman–Crippen LogP) is 3.98. The summed E-state index contributed by atoms with van der Waals surface area (Å²) < 4.78 is 5.37. The van der Waals surface area contributed by atoms with E-state index in [0.717, 1.165) is 17.5 Å². The molecule has 0 saturated heterocycles.